The lowest BCUT2D eigenvalue weighted by molar-refractivity contribution is 0.169. The number of aromatic nitrogens is 4. The molecule has 0 bridgehead atoms. The van der Waals surface area contributed by atoms with Gasteiger partial charge in [0.1, 0.15) is 18.2 Å². The Labute approximate surface area is 169 Å². The summed E-state index contributed by atoms with van der Waals surface area (Å²) in [7, 11) is 0. The molecular formula is C21H23FN6O. The fourth-order valence-electron chi connectivity index (χ4n) is 3.46. The first kappa shape index (κ1) is 19.2. The average molecular weight is 394 g/mol. The molecule has 1 atom stereocenters. The van der Waals surface area contributed by atoms with E-state index in [1.807, 2.05) is 6.07 Å². The van der Waals surface area contributed by atoms with E-state index in [1.54, 1.807) is 36.9 Å². The summed E-state index contributed by atoms with van der Waals surface area (Å²) in [5.41, 5.74) is 1.02. The van der Waals surface area contributed by atoms with Crippen LogP contribution in [0.25, 0.3) is 0 Å². The molecule has 2 aromatic heterocycles. The van der Waals surface area contributed by atoms with Crippen LogP contribution in [0.5, 0.6) is 5.75 Å². The maximum atomic E-state index is 13.0. The van der Waals surface area contributed by atoms with Gasteiger partial charge < -0.3 is 10.1 Å². The largest absolute Gasteiger partial charge is 0.492 e. The van der Waals surface area contributed by atoms with E-state index in [9.17, 15) is 4.39 Å². The number of ether oxygens (including phenoxy) is 1. The Balaban J connectivity index is 1.32. The SMILES string of the molecule is Fc1ccc(OCCN2CCC[C@H](c3ccnc(Nc4cnccn4)n3)C2)cc1. The van der Waals surface area contributed by atoms with Crippen molar-refractivity contribution in [1.29, 1.82) is 0 Å². The van der Waals surface area contributed by atoms with Gasteiger partial charge in [0.25, 0.3) is 0 Å². The van der Waals surface area contributed by atoms with Gasteiger partial charge in [-0.3, -0.25) is 9.88 Å². The zero-order valence-corrected chi connectivity index (χ0v) is 16.0. The Hall–Kier alpha value is -3.13. The second kappa shape index (κ2) is 9.38. The zero-order chi connectivity index (χ0) is 19.9. The third-order valence-corrected chi connectivity index (χ3v) is 4.89. The monoisotopic (exact) mass is 394 g/mol. The molecule has 3 heterocycles. The van der Waals surface area contributed by atoms with Gasteiger partial charge in [-0.1, -0.05) is 0 Å². The van der Waals surface area contributed by atoms with Crippen molar-refractivity contribution in [1.82, 2.24) is 24.8 Å². The van der Waals surface area contributed by atoms with E-state index in [2.05, 4.69) is 30.2 Å². The van der Waals surface area contributed by atoms with E-state index in [-0.39, 0.29) is 5.82 Å². The van der Waals surface area contributed by atoms with Crippen LogP contribution in [0.3, 0.4) is 0 Å². The van der Waals surface area contributed by atoms with Crippen LogP contribution in [0.15, 0.2) is 55.1 Å². The number of nitrogens with zero attached hydrogens (tertiary/aromatic N) is 5. The second-order valence-corrected chi connectivity index (χ2v) is 6.96. The standard InChI is InChI=1S/C21H23FN6O/c22-17-3-5-18(6-4-17)29-13-12-28-11-1-2-16(15-28)19-7-8-25-21(26-19)27-20-14-23-9-10-24-20/h3-10,14,16H,1-2,11-13,15H2,(H,24,25,26,27)/t16-/m0/s1. The molecule has 0 radical (unpaired) electrons. The lowest BCUT2D eigenvalue weighted by Crippen LogP contribution is -2.37. The predicted molar refractivity (Wildman–Crippen MR) is 108 cm³/mol. The third-order valence-electron chi connectivity index (χ3n) is 4.89. The molecule has 29 heavy (non-hydrogen) atoms. The second-order valence-electron chi connectivity index (χ2n) is 6.96. The van der Waals surface area contributed by atoms with E-state index >= 15 is 0 Å². The van der Waals surface area contributed by atoms with Gasteiger partial charge in [0.05, 0.1) is 11.9 Å². The lowest BCUT2D eigenvalue weighted by atomic mass is 9.94. The summed E-state index contributed by atoms with van der Waals surface area (Å²) in [6.45, 7) is 3.36. The average Bonchev–Trinajstić information content (AvgIpc) is 2.76. The molecule has 0 spiro atoms. The number of rotatable bonds is 7. The highest BCUT2D eigenvalue weighted by atomic mass is 19.1. The van der Waals surface area contributed by atoms with Crippen LogP contribution >= 0.6 is 0 Å². The Morgan fingerprint density at radius 3 is 2.83 bits per heavy atom. The minimum atomic E-state index is -0.255. The molecule has 150 valence electrons. The molecule has 0 aliphatic carbocycles. The van der Waals surface area contributed by atoms with Crippen LogP contribution in [-0.4, -0.2) is 51.1 Å². The van der Waals surface area contributed by atoms with Crippen molar-refractivity contribution in [2.45, 2.75) is 18.8 Å². The molecule has 3 aromatic rings. The molecule has 1 N–H and O–H groups in total. The van der Waals surface area contributed by atoms with Crippen LogP contribution in [-0.2, 0) is 0 Å². The number of hydrogen-bond acceptors (Lipinski definition) is 7. The van der Waals surface area contributed by atoms with Crippen LogP contribution in [0.1, 0.15) is 24.5 Å². The summed E-state index contributed by atoms with van der Waals surface area (Å²) in [5.74, 6) is 1.93. The number of piperidine rings is 1. The first-order valence-corrected chi connectivity index (χ1v) is 9.73. The number of benzene rings is 1. The van der Waals surface area contributed by atoms with E-state index in [1.165, 1.54) is 12.1 Å². The van der Waals surface area contributed by atoms with Crippen molar-refractivity contribution in [3.63, 3.8) is 0 Å². The van der Waals surface area contributed by atoms with Crippen LogP contribution in [0.2, 0.25) is 0 Å². The Morgan fingerprint density at radius 2 is 2.00 bits per heavy atom. The highest BCUT2D eigenvalue weighted by molar-refractivity contribution is 5.45. The molecule has 1 aliphatic heterocycles. The van der Waals surface area contributed by atoms with Crippen LogP contribution < -0.4 is 10.1 Å². The van der Waals surface area contributed by atoms with Crippen molar-refractivity contribution in [3.8, 4) is 5.75 Å². The lowest BCUT2D eigenvalue weighted by Gasteiger charge is -2.32. The minimum absolute atomic E-state index is 0.255. The van der Waals surface area contributed by atoms with E-state index in [4.69, 9.17) is 4.74 Å². The van der Waals surface area contributed by atoms with Gasteiger partial charge in [-0.15, -0.1) is 0 Å². The summed E-state index contributed by atoms with van der Waals surface area (Å²) in [6, 6.07) is 8.11. The van der Waals surface area contributed by atoms with Crippen molar-refractivity contribution in [2.24, 2.45) is 0 Å². The van der Waals surface area contributed by atoms with Crippen molar-refractivity contribution >= 4 is 11.8 Å². The van der Waals surface area contributed by atoms with Gasteiger partial charge in [0.2, 0.25) is 5.95 Å². The number of likely N-dealkylation sites (tertiary alicyclic amines) is 1. The number of nitrogens with one attached hydrogen (secondary N) is 1. The molecule has 7 nitrogen and oxygen atoms in total. The molecule has 4 rings (SSSR count). The fourth-order valence-corrected chi connectivity index (χ4v) is 3.46. The van der Waals surface area contributed by atoms with Gasteiger partial charge in [0, 0.05) is 37.6 Å². The van der Waals surface area contributed by atoms with Gasteiger partial charge in [0.15, 0.2) is 5.82 Å². The zero-order valence-electron chi connectivity index (χ0n) is 16.0. The van der Waals surface area contributed by atoms with Gasteiger partial charge in [-0.25, -0.2) is 19.3 Å². The summed E-state index contributed by atoms with van der Waals surface area (Å²) in [4.78, 5) is 19.6. The van der Waals surface area contributed by atoms with Gasteiger partial charge >= 0.3 is 0 Å². The number of halogens is 1. The summed E-state index contributed by atoms with van der Waals surface area (Å²) in [5, 5.41) is 3.09. The molecule has 0 saturated carbocycles. The van der Waals surface area contributed by atoms with Crippen LogP contribution in [0, 0.1) is 5.82 Å². The topological polar surface area (TPSA) is 76.1 Å². The molecule has 0 amide bonds. The third kappa shape index (κ3) is 5.45. The fraction of sp³-hybridized carbons (Fsp3) is 0.333. The van der Waals surface area contributed by atoms with E-state index in [0.29, 0.717) is 30.0 Å². The van der Waals surface area contributed by atoms with E-state index < -0.39 is 0 Å². The molecule has 1 fully saturated rings. The highest BCUT2D eigenvalue weighted by Gasteiger charge is 2.22. The summed E-state index contributed by atoms with van der Waals surface area (Å²) < 4.78 is 18.7. The molecule has 8 heteroatoms. The Morgan fingerprint density at radius 1 is 1.10 bits per heavy atom. The highest BCUT2D eigenvalue weighted by Crippen LogP contribution is 2.26. The summed E-state index contributed by atoms with van der Waals surface area (Å²) >= 11 is 0. The summed E-state index contributed by atoms with van der Waals surface area (Å²) in [6.07, 6.45) is 8.87. The van der Waals surface area contributed by atoms with E-state index in [0.717, 1.165) is 38.2 Å². The van der Waals surface area contributed by atoms with Crippen molar-refractivity contribution in [2.75, 3.05) is 31.6 Å². The molecule has 0 unspecified atom stereocenters. The smallest absolute Gasteiger partial charge is 0.228 e. The maximum absolute atomic E-state index is 13.0. The quantitative estimate of drug-likeness (QED) is 0.658. The molecule has 1 aliphatic rings. The van der Waals surface area contributed by atoms with Gasteiger partial charge in [-0.05, 0) is 49.7 Å². The first-order valence-electron chi connectivity index (χ1n) is 9.73. The molecule has 1 aromatic carbocycles. The number of anilines is 2. The maximum Gasteiger partial charge on any atom is 0.228 e. The Bertz CT molecular complexity index is 909. The van der Waals surface area contributed by atoms with Crippen molar-refractivity contribution < 1.29 is 9.13 Å². The normalized spacial score (nSPS) is 17.1. The molecule has 1 saturated heterocycles. The number of hydrogen-bond donors (Lipinski definition) is 1. The predicted octanol–water partition coefficient (Wildman–Crippen LogP) is 3.41. The Kier molecular flexibility index (Phi) is 6.21. The van der Waals surface area contributed by atoms with Gasteiger partial charge in [-0.2, -0.15) is 0 Å². The van der Waals surface area contributed by atoms with Crippen molar-refractivity contribution in [3.05, 3.63) is 66.6 Å². The van der Waals surface area contributed by atoms with Crippen LogP contribution in [0.4, 0.5) is 16.2 Å². The molecular weight excluding hydrogens is 371 g/mol. The first-order chi connectivity index (χ1) is 14.3. The minimum Gasteiger partial charge on any atom is -0.492 e.